The maximum Gasteiger partial charge on any atom is 0.410 e. The number of nitrogens with zero attached hydrogens (tertiary/aromatic N) is 4. The van der Waals surface area contributed by atoms with Crippen LogP contribution in [0.25, 0.3) is 5.57 Å². The van der Waals surface area contributed by atoms with E-state index in [0.717, 1.165) is 36.2 Å². The van der Waals surface area contributed by atoms with E-state index in [1.165, 1.54) is 0 Å². The fourth-order valence-corrected chi connectivity index (χ4v) is 3.82. The molecule has 1 saturated heterocycles. The van der Waals surface area contributed by atoms with E-state index in [0.29, 0.717) is 39.0 Å². The van der Waals surface area contributed by atoms with Crippen LogP contribution >= 0.6 is 0 Å². The number of allylic oxidation sites excluding steroid dienone is 2. The predicted molar refractivity (Wildman–Crippen MR) is 108 cm³/mol. The second kappa shape index (κ2) is 8.88. The minimum Gasteiger partial charge on any atom is -0.443 e. The van der Waals surface area contributed by atoms with Crippen molar-refractivity contribution in [3.8, 4) is 0 Å². The van der Waals surface area contributed by atoms with Crippen molar-refractivity contribution in [3.05, 3.63) is 23.9 Å². The van der Waals surface area contributed by atoms with Gasteiger partial charge in [0, 0.05) is 31.7 Å². The number of piperazine rings is 1. The van der Waals surface area contributed by atoms with E-state index in [1.807, 2.05) is 26.0 Å². The van der Waals surface area contributed by atoms with E-state index in [1.54, 1.807) is 11.1 Å². The number of carbonyl (C=O) groups excluding carboxylic acids is 1. The van der Waals surface area contributed by atoms with Crippen LogP contribution in [0.4, 0.5) is 15.0 Å². The maximum absolute atomic E-state index is 13.4. The molecule has 1 aliphatic heterocycles. The first kappa shape index (κ1) is 20.6. The summed E-state index contributed by atoms with van der Waals surface area (Å²) in [6.07, 6.45) is 6.35. The molecule has 1 atom stereocenters. The second-order valence-electron chi connectivity index (χ2n) is 8.26. The Morgan fingerprint density at radius 2 is 2.07 bits per heavy atom. The summed E-state index contributed by atoms with van der Waals surface area (Å²) in [6.45, 7) is 8.56. The lowest BCUT2D eigenvalue weighted by Crippen LogP contribution is -2.50. The van der Waals surface area contributed by atoms with Crippen LogP contribution in [-0.2, 0) is 4.74 Å². The summed E-state index contributed by atoms with van der Waals surface area (Å²) >= 11 is 0. The van der Waals surface area contributed by atoms with E-state index < -0.39 is 11.8 Å². The molecular weight excluding hydrogens is 359 g/mol. The van der Waals surface area contributed by atoms with Gasteiger partial charge in [-0.1, -0.05) is 19.4 Å². The van der Waals surface area contributed by atoms with Crippen LogP contribution in [0.2, 0.25) is 0 Å². The summed E-state index contributed by atoms with van der Waals surface area (Å²) in [7, 11) is 0. The Hall–Kier alpha value is -2.18. The first-order valence-corrected chi connectivity index (χ1v) is 10.3. The van der Waals surface area contributed by atoms with Crippen molar-refractivity contribution in [2.24, 2.45) is 0 Å². The van der Waals surface area contributed by atoms with E-state index in [-0.39, 0.29) is 6.09 Å². The highest BCUT2D eigenvalue weighted by Gasteiger charge is 2.28. The molecule has 0 saturated carbocycles. The first-order valence-electron chi connectivity index (χ1n) is 10.3. The number of hydrogen-bond acceptors (Lipinski definition) is 5. The van der Waals surface area contributed by atoms with Gasteiger partial charge in [0.05, 0.1) is 6.20 Å². The lowest BCUT2D eigenvalue weighted by atomic mass is 9.94. The number of aromatic nitrogens is 2. The second-order valence-corrected chi connectivity index (χ2v) is 8.26. The molecule has 0 aromatic carbocycles. The van der Waals surface area contributed by atoms with Crippen LogP contribution in [0.15, 0.2) is 18.3 Å². The quantitative estimate of drug-likeness (QED) is 0.753. The fraction of sp³-hybridized carbons (Fsp3) is 0.667. The Kier molecular flexibility index (Phi) is 6.52. The third kappa shape index (κ3) is 5.20. The molecule has 0 N–H and O–H groups in total. The van der Waals surface area contributed by atoms with Gasteiger partial charge in [0.1, 0.15) is 11.8 Å². The topological polar surface area (TPSA) is 58.6 Å². The predicted octanol–water partition coefficient (Wildman–Crippen LogP) is 4.22. The lowest BCUT2D eigenvalue weighted by Gasteiger charge is -2.36. The van der Waals surface area contributed by atoms with Gasteiger partial charge in [-0.3, -0.25) is 0 Å². The Morgan fingerprint density at radius 1 is 1.32 bits per heavy atom. The van der Waals surface area contributed by atoms with Crippen molar-refractivity contribution in [2.75, 3.05) is 31.1 Å². The number of alkyl halides is 1. The van der Waals surface area contributed by atoms with Crippen LogP contribution in [0.5, 0.6) is 0 Å². The summed E-state index contributed by atoms with van der Waals surface area (Å²) < 4.78 is 19.0. The van der Waals surface area contributed by atoms with Gasteiger partial charge in [-0.15, -0.1) is 5.10 Å². The molecule has 2 aliphatic rings. The van der Waals surface area contributed by atoms with Gasteiger partial charge in [-0.2, -0.15) is 5.10 Å². The summed E-state index contributed by atoms with van der Waals surface area (Å²) in [5.41, 5.74) is 1.72. The molecule has 0 spiro atoms. The molecule has 1 aromatic rings. The number of halogens is 1. The van der Waals surface area contributed by atoms with Gasteiger partial charge in [-0.25, -0.2) is 9.18 Å². The van der Waals surface area contributed by atoms with Gasteiger partial charge < -0.3 is 14.5 Å². The Bertz CT molecular complexity index is 714. The molecule has 1 aromatic heterocycles. The van der Waals surface area contributed by atoms with Gasteiger partial charge in [0.25, 0.3) is 0 Å². The SMILES string of the molecule is CCCC(C)(C)OC(=O)N1CCN(c2cc(C3=CCC(F)CC3)cnn2)CC1. The highest BCUT2D eigenvalue weighted by Crippen LogP contribution is 2.29. The minimum atomic E-state index is -0.729. The maximum atomic E-state index is 13.4. The number of carbonyl (C=O) groups is 1. The number of ether oxygens (including phenoxy) is 1. The molecule has 6 nitrogen and oxygen atoms in total. The largest absolute Gasteiger partial charge is 0.443 e. The zero-order valence-electron chi connectivity index (χ0n) is 17.2. The van der Waals surface area contributed by atoms with Gasteiger partial charge in [-0.05, 0) is 51.2 Å². The monoisotopic (exact) mass is 390 g/mol. The van der Waals surface area contributed by atoms with Crippen LogP contribution in [0.1, 0.15) is 58.4 Å². The molecule has 1 unspecified atom stereocenters. The standard InChI is InChI=1S/C21H31FN4O2/c1-4-9-21(2,3)28-20(27)26-12-10-25(11-13-26)19-14-17(15-23-24-19)16-5-7-18(22)8-6-16/h5,14-15,18H,4,6-13H2,1-3H3. The summed E-state index contributed by atoms with van der Waals surface area (Å²) in [5, 5.41) is 8.41. The lowest BCUT2D eigenvalue weighted by molar-refractivity contribution is 0.00734. The molecule has 1 fully saturated rings. The van der Waals surface area contributed by atoms with Crippen molar-refractivity contribution in [3.63, 3.8) is 0 Å². The van der Waals surface area contributed by atoms with Gasteiger partial charge in [0.15, 0.2) is 5.82 Å². The van der Waals surface area contributed by atoms with Crippen molar-refractivity contribution >= 4 is 17.5 Å². The molecule has 0 bridgehead atoms. The molecule has 1 amide bonds. The van der Waals surface area contributed by atoms with Crippen LogP contribution in [0.3, 0.4) is 0 Å². The summed E-state index contributed by atoms with van der Waals surface area (Å²) in [5.74, 6) is 0.806. The average Bonchev–Trinajstić information content (AvgIpc) is 2.68. The number of hydrogen-bond donors (Lipinski definition) is 0. The third-order valence-electron chi connectivity index (χ3n) is 5.44. The fourth-order valence-electron chi connectivity index (χ4n) is 3.82. The van der Waals surface area contributed by atoms with E-state index in [4.69, 9.17) is 4.74 Å². The molecule has 28 heavy (non-hydrogen) atoms. The van der Waals surface area contributed by atoms with Crippen LogP contribution in [-0.4, -0.2) is 59.1 Å². The minimum absolute atomic E-state index is 0.244. The van der Waals surface area contributed by atoms with Gasteiger partial charge >= 0.3 is 6.09 Å². The Labute approximate surface area is 166 Å². The molecule has 2 heterocycles. The van der Waals surface area contributed by atoms with Crippen molar-refractivity contribution < 1.29 is 13.9 Å². The zero-order valence-corrected chi connectivity index (χ0v) is 17.2. The molecule has 1 aliphatic carbocycles. The van der Waals surface area contributed by atoms with Gasteiger partial charge in [0.2, 0.25) is 0 Å². The third-order valence-corrected chi connectivity index (χ3v) is 5.44. The number of amides is 1. The average molecular weight is 391 g/mol. The zero-order chi connectivity index (χ0) is 20.1. The molecular formula is C21H31FN4O2. The highest BCUT2D eigenvalue weighted by molar-refractivity contribution is 5.69. The normalized spacial score (nSPS) is 20.7. The van der Waals surface area contributed by atoms with E-state index >= 15 is 0 Å². The first-order chi connectivity index (χ1) is 13.4. The molecule has 0 radical (unpaired) electrons. The number of anilines is 1. The summed E-state index contributed by atoms with van der Waals surface area (Å²) in [6, 6.07) is 2.02. The van der Waals surface area contributed by atoms with Crippen molar-refractivity contribution in [2.45, 2.75) is 64.6 Å². The van der Waals surface area contributed by atoms with Crippen molar-refractivity contribution in [1.82, 2.24) is 15.1 Å². The highest BCUT2D eigenvalue weighted by atomic mass is 19.1. The van der Waals surface area contributed by atoms with Crippen LogP contribution in [0, 0.1) is 0 Å². The summed E-state index contributed by atoms with van der Waals surface area (Å²) in [4.78, 5) is 16.3. The molecule has 154 valence electrons. The number of rotatable bonds is 5. The van der Waals surface area contributed by atoms with E-state index in [2.05, 4.69) is 22.0 Å². The smallest absolute Gasteiger partial charge is 0.410 e. The Balaban J connectivity index is 1.58. The Morgan fingerprint density at radius 3 is 2.71 bits per heavy atom. The van der Waals surface area contributed by atoms with Crippen LogP contribution < -0.4 is 4.90 Å². The molecule has 3 rings (SSSR count). The van der Waals surface area contributed by atoms with Crippen molar-refractivity contribution in [1.29, 1.82) is 0 Å². The van der Waals surface area contributed by atoms with E-state index in [9.17, 15) is 9.18 Å². The molecule has 7 heteroatoms.